The molecule has 0 radical (unpaired) electrons. The van der Waals surface area contributed by atoms with E-state index in [1.807, 2.05) is 32.0 Å². The first-order chi connectivity index (χ1) is 10.1. The summed E-state index contributed by atoms with van der Waals surface area (Å²) in [6, 6.07) is 5.82. The quantitative estimate of drug-likeness (QED) is 0.846. The first-order valence-electron chi connectivity index (χ1n) is 7.63. The zero-order valence-corrected chi connectivity index (χ0v) is 12.9. The Morgan fingerprint density at radius 2 is 2.05 bits per heavy atom. The van der Waals surface area contributed by atoms with Gasteiger partial charge in [-0.3, -0.25) is 4.79 Å². The molecule has 0 saturated heterocycles. The molecule has 1 aromatic rings. The highest BCUT2D eigenvalue weighted by molar-refractivity contribution is 5.77. The average molecular weight is 291 g/mol. The summed E-state index contributed by atoms with van der Waals surface area (Å²) in [7, 11) is 0. The van der Waals surface area contributed by atoms with Gasteiger partial charge < -0.3 is 15.2 Å². The molecule has 1 aliphatic rings. The van der Waals surface area contributed by atoms with Crippen molar-refractivity contribution in [3.63, 3.8) is 0 Å². The Labute approximate surface area is 126 Å². The molecule has 0 spiro atoms. The maximum atomic E-state index is 11.9. The van der Waals surface area contributed by atoms with Crippen molar-refractivity contribution in [3.05, 3.63) is 29.3 Å². The Morgan fingerprint density at radius 1 is 1.33 bits per heavy atom. The van der Waals surface area contributed by atoms with Gasteiger partial charge in [0, 0.05) is 12.0 Å². The third-order valence-electron chi connectivity index (χ3n) is 4.57. The molecule has 21 heavy (non-hydrogen) atoms. The van der Waals surface area contributed by atoms with Crippen molar-refractivity contribution in [2.45, 2.75) is 39.5 Å². The number of aliphatic hydroxyl groups is 1. The summed E-state index contributed by atoms with van der Waals surface area (Å²) in [5, 5.41) is 12.4. The molecule has 0 aromatic heterocycles. The van der Waals surface area contributed by atoms with Gasteiger partial charge in [0.2, 0.25) is 0 Å². The third kappa shape index (κ3) is 3.97. The molecular weight excluding hydrogens is 266 g/mol. The Hall–Kier alpha value is -1.55. The lowest BCUT2D eigenvalue weighted by Gasteiger charge is -2.26. The fourth-order valence-electron chi connectivity index (χ4n) is 2.88. The monoisotopic (exact) mass is 291 g/mol. The maximum Gasteiger partial charge on any atom is 0.257 e. The summed E-state index contributed by atoms with van der Waals surface area (Å²) >= 11 is 0. The molecule has 4 heteroatoms. The van der Waals surface area contributed by atoms with Crippen molar-refractivity contribution < 1.29 is 14.6 Å². The third-order valence-corrected chi connectivity index (χ3v) is 4.57. The Morgan fingerprint density at radius 3 is 2.71 bits per heavy atom. The summed E-state index contributed by atoms with van der Waals surface area (Å²) in [6.45, 7) is 4.71. The molecule has 1 aliphatic carbocycles. The number of carbonyl (C=O) groups excluding carboxylic acids is 1. The van der Waals surface area contributed by atoms with Gasteiger partial charge in [0.05, 0.1) is 6.61 Å². The number of hydrogen-bond acceptors (Lipinski definition) is 3. The Bertz CT molecular complexity index is 493. The molecular formula is C17H25NO3. The van der Waals surface area contributed by atoms with Crippen LogP contribution in [0, 0.1) is 19.3 Å². The lowest BCUT2D eigenvalue weighted by atomic mass is 9.87. The maximum absolute atomic E-state index is 11.9. The summed E-state index contributed by atoms with van der Waals surface area (Å²) in [6.07, 6.45) is 4.24. The summed E-state index contributed by atoms with van der Waals surface area (Å²) in [4.78, 5) is 11.9. The molecule has 1 amide bonds. The highest BCUT2D eigenvalue weighted by Gasteiger charge is 2.33. The second kappa shape index (κ2) is 6.94. The SMILES string of the molecule is Cc1cccc(OCC(=O)NCC2(CO)CCCC2)c1C. The minimum absolute atomic E-state index is 0.0196. The average Bonchev–Trinajstić information content (AvgIpc) is 2.96. The molecule has 0 bridgehead atoms. The Balaban J connectivity index is 1.81. The number of carbonyl (C=O) groups is 1. The highest BCUT2D eigenvalue weighted by atomic mass is 16.5. The minimum Gasteiger partial charge on any atom is -0.483 e. The molecule has 1 saturated carbocycles. The molecule has 0 atom stereocenters. The van der Waals surface area contributed by atoms with Crippen LogP contribution in [-0.2, 0) is 4.79 Å². The molecule has 1 fully saturated rings. The minimum atomic E-state index is -0.129. The number of amides is 1. The second-order valence-corrected chi connectivity index (χ2v) is 6.13. The number of benzene rings is 1. The topological polar surface area (TPSA) is 58.6 Å². The summed E-state index contributed by atoms with van der Waals surface area (Å²) < 4.78 is 5.59. The predicted molar refractivity (Wildman–Crippen MR) is 82.4 cm³/mol. The van der Waals surface area contributed by atoms with Crippen molar-refractivity contribution in [3.8, 4) is 5.75 Å². The molecule has 2 N–H and O–H groups in total. The van der Waals surface area contributed by atoms with Crippen molar-refractivity contribution in [2.24, 2.45) is 5.41 Å². The smallest absolute Gasteiger partial charge is 0.257 e. The fraction of sp³-hybridized carbons (Fsp3) is 0.588. The molecule has 0 aliphatic heterocycles. The number of rotatable bonds is 6. The lowest BCUT2D eigenvalue weighted by Crippen LogP contribution is -2.40. The van der Waals surface area contributed by atoms with E-state index in [1.165, 1.54) is 0 Å². The second-order valence-electron chi connectivity index (χ2n) is 6.13. The van der Waals surface area contributed by atoms with E-state index in [0.29, 0.717) is 6.54 Å². The molecule has 0 heterocycles. The zero-order valence-electron chi connectivity index (χ0n) is 12.9. The summed E-state index contributed by atoms with van der Waals surface area (Å²) in [5.74, 6) is 0.624. The summed E-state index contributed by atoms with van der Waals surface area (Å²) in [5.41, 5.74) is 2.10. The van der Waals surface area contributed by atoms with Gasteiger partial charge in [-0.2, -0.15) is 0 Å². The van der Waals surface area contributed by atoms with Gasteiger partial charge in [0.25, 0.3) is 5.91 Å². The van der Waals surface area contributed by atoms with Crippen LogP contribution in [0.3, 0.4) is 0 Å². The van der Waals surface area contributed by atoms with Crippen LogP contribution in [0.5, 0.6) is 5.75 Å². The highest BCUT2D eigenvalue weighted by Crippen LogP contribution is 2.36. The molecule has 4 nitrogen and oxygen atoms in total. The standard InChI is InChI=1S/C17H25NO3/c1-13-6-5-7-15(14(13)2)21-10-16(20)18-11-17(12-19)8-3-4-9-17/h5-7,19H,3-4,8-12H2,1-2H3,(H,18,20). The molecule has 116 valence electrons. The number of hydrogen-bond donors (Lipinski definition) is 2. The van der Waals surface area contributed by atoms with Gasteiger partial charge in [-0.1, -0.05) is 25.0 Å². The molecule has 0 unspecified atom stereocenters. The van der Waals surface area contributed by atoms with Crippen LogP contribution < -0.4 is 10.1 Å². The van der Waals surface area contributed by atoms with Crippen LogP contribution >= 0.6 is 0 Å². The van der Waals surface area contributed by atoms with E-state index in [0.717, 1.165) is 42.6 Å². The number of aliphatic hydroxyl groups excluding tert-OH is 1. The van der Waals surface area contributed by atoms with Crippen LogP contribution in [0.4, 0.5) is 0 Å². The van der Waals surface area contributed by atoms with E-state index in [2.05, 4.69) is 5.32 Å². The lowest BCUT2D eigenvalue weighted by molar-refractivity contribution is -0.123. The van der Waals surface area contributed by atoms with E-state index in [-0.39, 0.29) is 24.5 Å². The zero-order chi connectivity index (χ0) is 15.3. The van der Waals surface area contributed by atoms with Gasteiger partial charge in [-0.15, -0.1) is 0 Å². The van der Waals surface area contributed by atoms with Crippen LogP contribution in [0.25, 0.3) is 0 Å². The van der Waals surface area contributed by atoms with Crippen LogP contribution in [0.1, 0.15) is 36.8 Å². The first kappa shape index (κ1) is 15.8. The first-order valence-corrected chi connectivity index (χ1v) is 7.63. The van der Waals surface area contributed by atoms with Crippen molar-refractivity contribution in [2.75, 3.05) is 19.8 Å². The predicted octanol–water partition coefficient (Wildman–Crippen LogP) is 2.35. The van der Waals surface area contributed by atoms with E-state index in [4.69, 9.17) is 4.74 Å². The molecule has 1 aromatic carbocycles. The van der Waals surface area contributed by atoms with Crippen LogP contribution in [0.15, 0.2) is 18.2 Å². The van der Waals surface area contributed by atoms with Crippen molar-refractivity contribution >= 4 is 5.91 Å². The molecule has 2 rings (SSSR count). The Kier molecular flexibility index (Phi) is 5.23. The number of ether oxygens (including phenoxy) is 1. The van der Waals surface area contributed by atoms with Gasteiger partial charge in [-0.25, -0.2) is 0 Å². The largest absolute Gasteiger partial charge is 0.483 e. The van der Waals surface area contributed by atoms with E-state index in [9.17, 15) is 9.90 Å². The van der Waals surface area contributed by atoms with E-state index >= 15 is 0 Å². The van der Waals surface area contributed by atoms with Crippen molar-refractivity contribution in [1.29, 1.82) is 0 Å². The number of aryl methyl sites for hydroxylation is 1. The fourth-order valence-corrected chi connectivity index (χ4v) is 2.88. The van der Waals surface area contributed by atoms with Gasteiger partial charge >= 0.3 is 0 Å². The number of nitrogens with one attached hydrogen (secondary N) is 1. The van der Waals surface area contributed by atoms with Crippen molar-refractivity contribution in [1.82, 2.24) is 5.32 Å². The normalized spacial score (nSPS) is 16.7. The van der Waals surface area contributed by atoms with E-state index in [1.54, 1.807) is 0 Å². The van der Waals surface area contributed by atoms with Crippen LogP contribution in [0.2, 0.25) is 0 Å². The van der Waals surface area contributed by atoms with Gasteiger partial charge in [0.1, 0.15) is 5.75 Å². The van der Waals surface area contributed by atoms with Gasteiger partial charge in [0.15, 0.2) is 6.61 Å². The van der Waals surface area contributed by atoms with Crippen LogP contribution in [-0.4, -0.2) is 30.8 Å². The van der Waals surface area contributed by atoms with E-state index < -0.39 is 0 Å². The van der Waals surface area contributed by atoms with Gasteiger partial charge in [-0.05, 0) is 43.9 Å².